The summed E-state index contributed by atoms with van der Waals surface area (Å²) in [5.41, 5.74) is 2.42. The monoisotopic (exact) mass is 424 g/mol. The summed E-state index contributed by atoms with van der Waals surface area (Å²) in [6.07, 6.45) is 2.56. The predicted octanol–water partition coefficient (Wildman–Crippen LogP) is 4.77. The van der Waals surface area contributed by atoms with E-state index in [1.807, 2.05) is 12.1 Å². The lowest BCUT2D eigenvalue weighted by Crippen LogP contribution is -2.49. The Morgan fingerprint density at radius 1 is 1.00 bits per heavy atom. The van der Waals surface area contributed by atoms with Crippen molar-refractivity contribution in [1.82, 2.24) is 4.90 Å². The summed E-state index contributed by atoms with van der Waals surface area (Å²) in [5.74, 6) is 2.40. The smallest absolute Gasteiger partial charge is 0.142 e. The van der Waals surface area contributed by atoms with Crippen LogP contribution in [0.3, 0.4) is 0 Å². The number of likely N-dealkylation sites (tertiary alicyclic amines) is 1. The number of hydrogen-bond donors (Lipinski definition) is 0. The van der Waals surface area contributed by atoms with Gasteiger partial charge in [0.2, 0.25) is 0 Å². The van der Waals surface area contributed by atoms with Crippen molar-refractivity contribution in [2.45, 2.75) is 38.8 Å². The molecule has 2 atom stereocenters. The predicted molar refractivity (Wildman–Crippen MR) is 125 cm³/mol. The molecule has 2 unspecified atom stereocenters. The minimum Gasteiger partial charge on any atom is -0.497 e. The fourth-order valence-corrected chi connectivity index (χ4v) is 4.62. The molecule has 0 spiro atoms. The lowest BCUT2D eigenvalue weighted by atomic mass is 10.0. The normalized spacial score (nSPS) is 19.9. The largest absolute Gasteiger partial charge is 0.497 e. The molecule has 31 heavy (non-hydrogen) atoms. The van der Waals surface area contributed by atoms with Gasteiger partial charge in [-0.15, -0.1) is 0 Å². The molecule has 2 aliphatic rings. The van der Waals surface area contributed by atoms with Crippen molar-refractivity contribution in [3.05, 3.63) is 54.1 Å². The Hall–Kier alpha value is -2.24. The molecule has 1 fully saturated rings. The number of anilines is 1. The van der Waals surface area contributed by atoms with Crippen LogP contribution >= 0.6 is 0 Å². The van der Waals surface area contributed by atoms with Gasteiger partial charge in [-0.1, -0.05) is 38.1 Å². The number of para-hydroxylation sites is 2. The Labute approximate surface area is 186 Å². The van der Waals surface area contributed by atoms with Crippen LogP contribution in [0.4, 0.5) is 5.69 Å². The molecule has 2 aromatic carbocycles. The first-order chi connectivity index (χ1) is 15.2. The highest BCUT2D eigenvalue weighted by Crippen LogP contribution is 2.40. The zero-order chi connectivity index (χ0) is 21.6. The van der Waals surface area contributed by atoms with Crippen LogP contribution in [0.15, 0.2) is 48.5 Å². The summed E-state index contributed by atoms with van der Waals surface area (Å²) < 4.78 is 17.7. The van der Waals surface area contributed by atoms with E-state index >= 15 is 0 Å². The second-order valence-electron chi connectivity index (χ2n) is 9.05. The van der Waals surface area contributed by atoms with E-state index in [1.165, 1.54) is 24.1 Å². The maximum atomic E-state index is 6.18. The molecule has 2 aromatic rings. The van der Waals surface area contributed by atoms with Gasteiger partial charge in [-0.25, -0.2) is 0 Å². The summed E-state index contributed by atoms with van der Waals surface area (Å²) in [6, 6.07) is 17.3. The van der Waals surface area contributed by atoms with Crippen LogP contribution in [0.5, 0.6) is 11.5 Å². The highest BCUT2D eigenvalue weighted by atomic mass is 16.5. The van der Waals surface area contributed by atoms with E-state index in [1.54, 1.807) is 7.11 Å². The van der Waals surface area contributed by atoms with Crippen LogP contribution < -0.4 is 14.4 Å². The average molecular weight is 425 g/mol. The third kappa shape index (κ3) is 5.34. The highest BCUT2D eigenvalue weighted by molar-refractivity contribution is 5.61. The summed E-state index contributed by atoms with van der Waals surface area (Å²) >= 11 is 0. The Morgan fingerprint density at radius 2 is 1.74 bits per heavy atom. The van der Waals surface area contributed by atoms with Gasteiger partial charge in [-0.05, 0) is 61.7 Å². The zero-order valence-corrected chi connectivity index (χ0v) is 19.1. The maximum absolute atomic E-state index is 6.18. The van der Waals surface area contributed by atoms with Crippen LogP contribution in [-0.2, 0) is 4.74 Å². The van der Waals surface area contributed by atoms with Gasteiger partial charge in [0.1, 0.15) is 18.1 Å². The first kappa shape index (κ1) is 22.0. The van der Waals surface area contributed by atoms with E-state index in [0.717, 1.165) is 44.3 Å². The Morgan fingerprint density at radius 3 is 2.45 bits per heavy atom. The van der Waals surface area contributed by atoms with Crippen molar-refractivity contribution in [2.75, 3.05) is 51.5 Å². The van der Waals surface area contributed by atoms with Crippen LogP contribution in [0.2, 0.25) is 0 Å². The zero-order valence-electron chi connectivity index (χ0n) is 19.1. The number of ether oxygens (including phenoxy) is 3. The minimum absolute atomic E-state index is 0.163. The highest BCUT2D eigenvalue weighted by Gasteiger charge is 2.33. The molecular weight excluding hydrogens is 388 g/mol. The molecule has 0 radical (unpaired) electrons. The third-order valence-corrected chi connectivity index (χ3v) is 6.27. The molecule has 0 aliphatic carbocycles. The molecule has 5 nitrogen and oxygen atoms in total. The van der Waals surface area contributed by atoms with Gasteiger partial charge < -0.3 is 19.1 Å². The molecule has 0 bridgehead atoms. The van der Waals surface area contributed by atoms with Crippen LogP contribution in [0.25, 0.3) is 0 Å². The molecule has 0 amide bonds. The summed E-state index contributed by atoms with van der Waals surface area (Å²) in [6.45, 7) is 9.90. The molecular formula is C26H36N2O3. The van der Waals surface area contributed by atoms with Crippen LogP contribution in [0.1, 0.15) is 38.3 Å². The van der Waals surface area contributed by atoms with Gasteiger partial charge in [0, 0.05) is 13.2 Å². The molecule has 168 valence electrons. The van der Waals surface area contributed by atoms with E-state index < -0.39 is 0 Å². The first-order valence-corrected chi connectivity index (χ1v) is 11.6. The Kier molecular flexibility index (Phi) is 7.36. The van der Waals surface area contributed by atoms with Crippen molar-refractivity contribution in [3.8, 4) is 11.5 Å². The number of methoxy groups -OCH3 is 1. The third-order valence-electron chi connectivity index (χ3n) is 6.27. The molecule has 0 saturated carbocycles. The summed E-state index contributed by atoms with van der Waals surface area (Å²) in [4.78, 5) is 5.14. The molecule has 2 aliphatic heterocycles. The lowest BCUT2D eigenvalue weighted by Gasteiger charge is -2.42. The standard InChI is InChI=1S/C26H36N2O3/c1-20(2)17-30-18-22(27-14-6-7-15-27)16-28-24-8-4-5-9-26(24)31-19-25(28)21-10-12-23(29-3)13-11-21/h4-5,8-13,20,22,25H,6-7,14-19H2,1-3H3. The van der Waals surface area contributed by atoms with E-state index in [-0.39, 0.29) is 6.04 Å². The Balaban J connectivity index is 1.60. The van der Waals surface area contributed by atoms with Crippen molar-refractivity contribution in [3.63, 3.8) is 0 Å². The number of benzene rings is 2. The molecule has 0 N–H and O–H groups in total. The van der Waals surface area contributed by atoms with Gasteiger partial charge >= 0.3 is 0 Å². The van der Waals surface area contributed by atoms with Crippen molar-refractivity contribution in [1.29, 1.82) is 0 Å². The van der Waals surface area contributed by atoms with Crippen molar-refractivity contribution < 1.29 is 14.2 Å². The second kappa shape index (κ2) is 10.4. The topological polar surface area (TPSA) is 34.2 Å². The van der Waals surface area contributed by atoms with Crippen molar-refractivity contribution >= 4 is 5.69 Å². The number of fused-ring (bicyclic) bond motifs is 1. The molecule has 0 aromatic heterocycles. The molecule has 5 heteroatoms. The number of hydrogen-bond acceptors (Lipinski definition) is 5. The second-order valence-corrected chi connectivity index (χ2v) is 9.05. The first-order valence-electron chi connectivity index (χ1n) is 11.6. The molecule has 4 rings (SSSR count). The Bertz CT molecular complexity index is 818. The molecule has 1 saturated heterocycles. The van der Waals surface area contributed by atoms with Crippen LogP contribution in [0, 0.1) is 5.92 Å². The van der Waals surface area contributed by atoms with Gasteiger partial charge in [0.05, 0.1) is 31.5 Å². The van der Waals surface area contributed by atoms with Gasteiger partial charge in [0.15, 0.2) is 0 Å². The molecule has 2 heterocycles. The lowest BCUT2D eigenvalue weighted by molar-refractivity contribution is 0.0553. The van der Waals surface area contributed by atoms with Crippen LogP contribution in [-0.4, -0.2) is 57.5 Å². The SMILES string of the molecule is COc1ccc(C2COc3ccccc3N2CC(COCC(C)C)N2CCCC2)cc1. The summed E-state index contributed by atoms with van der Waals surface area (Å²) in [5, 5.41) is 0. The summed E-state index contributed by atoms with van der Waals surface area (Å²) in [7, 11) is 1.71. The number of rotatable bonds is 9. The van der Waals surface area contributed by atoms with Crippen molar-refractivity contribution in [2.24, 2.45) is 5.92 Å². The van der Waals surface area contributed by atoms with Gasteiger partial charge in [0.25, 0.3) is 0 Å². The maximum Gasteiger partial charge on any atom is 0.142 e. The van der Waals surface area contributed by atoms with Gasteiger partial charge in [-0.3, -0.25) is 4.90 Å². The fourth-order valence-electron chi connectivity index (χ4n) is 4.62. The van der Waals surface area contributed by atoms with E-state index in [0.29, 0.717) is 18.6 Å². The van der Waals surface area contributed by atoms with Gasteiger partial charge in [-0.2, -0.15) is 0 Å². The van der Waals surface area contributed by atoms with E-state index in [4.69, 9.17) is 14.2 Å². The average Bonchev–Trinajstić information content (AvgIpc) is 3.33. The fraction of sp³-hybridized carbons (Fsp3) is 0.538. The quantitative estimate of drug-likeness (QED) is 0.579. The van der Waals surface area contributed by atoms with E-state index in [9.17, 15) is 0 Å². The minimum atomic E-state index is 0.163. The number of nitrogens with zero attached hydrogens (tertiary/aromatic N) is 2. The van der Waals surface area contributed by atoms with E-state index in [2.05, 4.69) is 60.0 Å².